The minimum atomic E-state index is -1.05. The van der Waals surface area contributed by atoms with E-state index in [-0.39, 0.29) is 35.4 Å². The van der Waals surface area contributed by atoms with Crippen molar-refractivity contribution in [2.75, 3.05) is 6.61 Å². The SMILES string of the molecule is CCOC(=O)C1=C(C)NC2=C(C(=O)CC(C)(C)C2)C1c1cccc(F)c1F. The van der Waals surface area contributed by atoms with Crippen LogP contribution in [0.3, 0.4) is 0 Å². The maximum absolute atomic E-state index is 14.7. The lowest BCUT2D eigenvalue weighted by Crippen LogP contribution is -2.39. The van der Waals surface area contributed by atoms with E-state index < -0.39 is 23.5 Å². The molecule has 1 aromatic carbocycles. The minimum absolute atomic E-state index is 0.0283. The number of dihydropyridines is 1. The summed E-state index contributed by atoms with van der Waals surface area (Å²) in [6, 6.07) is 3.81. The van der Waals surface area contributed by atoms with E-state index in [0.29, 0.717) is 23.4 Å². The first-order chi connectivity index (χ1) is 12.7. The Morgan fingerprint density at radius 1 is 1.30 bits per heavy atom. The number of halogens is 2. The summed E-state index contributed by atoms with van der Waals surface area (Å²) in [7, 11) is 0. The van der Waals surface area contributed by atoms with Gasteiger partial charge in [-0.05, 0) is 31.7 Å². The Labute approximate surface area is 157 Å². The Balaban J connectivity index is 2.24. The number of carbonyl (C=O) groups is 2. The van der Waals surface area contributed by atoms with Gasteiger partial charge in [-0.15, -0.1) is 0 Å². The van der Waals surface area contributed by atoms with Gasteiger partial charge in [0.15, 0.2) is 17.4 Å². The summed E-state index contributed by atoms with van der Waals surface area (Å²) in [5, 5.41) is 3.15. The third-order valence-corrected chi connectivity index (χ3v) is 5.03. The molecular formula is C21H23F2NO3. The first kappa shape index (κ1) is 19.3. The molecule has 0 radical (unpaired) electrons. The highest BCUT2D eigenvalue weighted by molar-refractivity contribution is 6.04. The Hall–Kier alpha value is -2.50. The topological polar surface area (TPSA) is 55.4 Å². The molecule has 144 valence electrons. The zero-order valence-electron chi connectivity index (χ0n) is 15.9. The Kier molecular flexibility index (Phi) is 4.93. The third kappa shape index (κ3) is 3.40. The van der Waals surface area contributed by atoms with Crippen molar-refractivity contribution in [2.45, 2.75) is 46.5 Å². The zero-order valence-corrected chi connectivity index (χ0v) is 15.9. The van der Waals surface area contributed by atoms with Gasteiger partial charge in [0.1, 0.15) is 0 Å². The highest BCUT2D eigenvalue weighted by atomic mass is 19.2. The molecule has 0 aromatic heterocycles. The number of nitrogens with one attached hydrogen (secondary N) is 1. The van der Waals surface area contributed by atoms with Crippen molar-refractivity contribution in [3.63, 3.8) is 0 Å². The maximum Gasteiger partial charge on any atom is 0.336 e. The lowest BCUT2D eigenvalue weighted by atomic mass is 9.68. The Morgan fingerprint density at radius 2 is 2.00 bits per heavy atom. The molecule has 1 unspecified atom stereocenters. The monoisotopic (exact) mass is 375 g/mol. The number of ketones is 1. The van der Waals surface area contributed by atoms with Gasteiger partial charge in [-0.25, -0.2) is 13.6 Å². The van der Waals surface area contributed by atoms with Crippen molar-refractivity contribution in [1.82, 2.24) is 5.32 Å². The molecule has 1 heterocycles. The molecule has 0 amide bonds. The van der Waals surface area contributed by atoms with Gasteiger partial charge in [-0.1, -0.05) is 26.0 Å². The lowest BCUT2D eigenvalue weighted by Gasteiger charge is -2.39. The molecule has 2 aliphatic rings. The molecule has 0 spiro atoms. The molecule has 6 heteroatoms. The molecule has 1 aliphatic carbocycles. The summed E-state index contributed by atoms with van der Waals surface area (Å²) in [4.78, 5) is 25.6. The first-order valence-corrected chi connectivity index (χ1v) is 9.01. The van der Waals surface area contributed by atoms with Gasteiger partial charge in [0.05, 0.1) is 18.1 Å². The number of ether oxygens (including phenoxy) is 1. The first-order valence-electron chi connectivity index (χ1n) is 9.01. The van der Waals surface area contributed by atoms with Crippen molar-refractivity contribution in [3.8, 4) is 0 Å². The predicted molar refractivity (Wildman–Crippen MR) is 96.6 cm³/mol. The Bertz CT molecular complexity index is 883. The molecular weight excluding hydrogens is 352 g/mol. The van der Waals surface area contributed by atoms with Crippen LogP contribution < -0.4 is 5.32 Å². The van der Waals surface area contributed by atoms with E-state index in [9.17, 15) is 18.4 Å². The van der Waals surface area contributed by atoms with Crippen LogP contribution in [-0.2, 0) is 14.3 Å². The molecule has 1 atom stereocenters. The molecule has 1 N–H and O–H groups in total. The largest absolute Gasteiger partial charge is 0.463 e. The average molecular weight is 375 g/mol. The smallest absolute Gasteiger partial charge is 0.336 e. The number of hydrogen-bond donors (Lipinski definition) is 1. The van der Waals surface area contributed by atoms with E-state index in [0.717, 1.165) is 6.07 Å². The van der Waals surface area contributed by atoms with Crippen molar-refractivity contribution in [1.29, 1.82) is 0 Å². The van der Waals surface area contributed by atoms with Crippen LogP contribution in [0.5, 0.6) is 0 Å². The summed E-state index contributed by atoms with van der Waals surface area (Å²) < 4.78 is 33.7. The Morgan fingerprint density at radius 3 is 2.67 bits per heavy atom. The normalized spacial score (nSPS) is 21.7. The van der Waals surface area contributed by atoms with Gasteiger partial charge < -0.3 is 10.1 Å². The second-order valence-electron chi connectivity index (χ2n) is 7.79. The van der Waals surface area contributed by atoms with E-state index in [1.54, 1.807) is 13.8 Å². The van der Waals surface area contributed by atoms with Crippen LogP contribution in [0.15, 0.2) is 40.7 Å². The fraction of sp³-hybridized carbons (Fsp3) is 0.429. The van der Waals surface area contributed by atoms with Crippen LogP contribution >= 0.6 is 0 Å². The summed E-state index contributed by atoms with van der Waals surface area (Å²) in [6.45, 7) is 7.45. The molecule has 0 saturated heterocycles. The fourth-order valence-corrected chi connectivity index (χ4v) is 3.97. The van der Waals surface area contributed by atoms with Crippen LogP contribution in [-0.4, -0.2) is 18.4 Å². The molecule has 0 saturated carbocycles. The number of carbonyl (C=O) groups excluding carboxylic acids is 2. The van der Waals surface area contributed by atoms with Gasteiger partial charge in [0.25, 0.3) is 0 Å². The van der Waals surface area contributed by atoms with Gasteiger partial charge >= 0.3 is 5.97 Å². The second-order valence-corrected chi connectivity index (χ2v) is 7.79. The molecule has 1 aromatic rings. The highest BCUT2D eigenvalue weighted by Gasteiger charge is 2.44. The van der Waals surface area contributed by atoms with Crippen LogP contribution in [0.25, 0.3) is 0 Å². The quantitative estimate of drug-likeness (QED) is 0.807. The zero-order chi connectivity index (χ0) is 19.9. The van der Waals surface area contributed by atoms with Gasteiger partial charge in [-0.2, -0.15) is 0 Å². The van der Waals surface area contributed by atoms with E-state index in [1.165, 1.54) is 12.1 Å². The summed E-state index contributed by atoms with van der Waals surface area (Å²) in [6.07, 6.45) is 0.852. The average Bonchev–Trinajstić information content (AvgIpc) is 2.55. The van der Waals surface area contributed by atoms with Crippen LogP contribution in [0.2, 0.25) is 0 Å². The van der Waals surface area contributed by atoms with Crippen molar-refractivity contribution < 1.29 is 23.1 Å². The molecule has 1 aliphatic heterocycles. The fourth-order valence-electron chi connectivity index (χ4n) is 3.97. The molecule has 0 bridgehead atoms. The van der Waals surface area contributed by atoms with E-state index in [2.05, 4.69) is 5.32 Å². The highest BCUT2D eigenvalue weighted by Crippen LogP contribution is 2.47. The summed E-state index contributed by atoms with van der Waals surface area (Å²) in [5.41, 5.74) is 1.34. The summed E-state index contributed by atoms with van der Waals surface area (Å²) in [5.74, 6) is -3.86. The van der Waals surface area contributed by atoms with Crippen LogP contribution in [0.4, 0.5) is 8.78 Å². The van der Waals surface area contributed by atoms with Crippen molar-refractivity contribution >= 4 is 11.8 Å². The predicted octanol–water partition coefficient (Wildman–Crippen LogP) is 4.13. The molecule has 3 rings (SSSR count). The number of esters is 1. The van der Waals surface area contributed by atoms with Gasteiger partial charge in [0, 0.05) is 29.0 Å². The molecule has 0 fully saturated rings. The molecule has 27 heavy (non-hydrogen) atoms. The number of Topliss-reactive ketones (excluding diaryl/α,β-unsaturated/α-hetero) is 1. The van der Waals surface area contributed by atoms with Gasteiger partial charge in [-0.3, -0.25) is 4.79 Å². The van der Waals surface area contributed by atoms with Crippen molar-refractivity contribution in [3.05, 3.63) is 57.9 Å². The number of hydrogen-bond acceptors (Lipinski definition) is 4. The second kappa shape index (κ2) is 6.91. The molecule has 4 nitrogen and oxygen atoms in total. The summed E-state index contributed by atoms with van der Waals surface area (Å²) >= 11 is 0. The van der Waals surface area contributed by atoms with Crippen molar-refractivity contribution in [2.24, 2.45) is 5.41 Å². The number of benzene rings is 1. The lowest BCUT2D eigenvalue weighted by molar-refractivity contribution is -0.138. The van der Waals surface area contributed by atoms with E-state index >= 15 is 0 Å². The van der Waals surface area contributed by atoms with E-state index in [4.69, 9.17) is 4.74 Å². The maximum atomic E-state index is 14.7. The van der Waals surface area contributed by atoms with Gasteiger partial charge in [0.2, 0.25) is 0 Å². The third-order valence-electron chi connectivity index (χ3n) is 5.03. The van der Waals surface area contributed by atoms with Crippen LogP contribution in [0.1, 0.15) is 52.0 Å². The number of allylic oxidation sites excluding steroid dienone is 3. The van der Waals surface area contributed by atoms with Crippen LogP contribution in [0, 0.1) is 17.0 Å². The standard InChI is InChI=1S/C21H23F2NO3/c1-5-27-20(26)16-11(2)24-14-9-21(3,4)10-15(25)18(14)17(16)12-7-6-8-13(22)19(12)23/h6-8,17,24H,5,9-10H2,1-4H3. The number of rotatable bonds is 3. The van der Waals surface area contributed by atoms with E-state index in [1.807, 2.05) is 13.8 Å². The minimum Gasteiger partial charge on any atom is -0.463 e.